The molecule has 2 N–H and O–H groups in total. The monoisotopic (exact) mass is 419 g/mol. The van der Waals surface area contributed by atoms with Crippen LogP contribution in [0.3, 0.4) is 0 Å². The number of anilines is 2. The third-order valence-electron chi connectivity index (χ3n) is 5.06. The molecule has 5 rings (SSSR count). The number of morpholine rings is 1. The molecule has 0 radical (unpaired) electrons. The minimum absolute atomic E-state index is 0.196. The number of H-pyrrole nitrogens is 1. The summed E-state index contributed by atoms with van der Waals surface area (Å²) in [6.45, 7) is 3.12. The Hall–Kier alpha value is -3.92. The first-order valence-electron chi connectivity index (χ1n) is 9.90. The van der Waals surface area contributed by atoms with Crippen LogP contribution >= 0.6 is 0 Å². The van der Waals surface area contributed by atoms with Gasteiger partial charge in [0.25, 0.3) is 5.91 Å². The molecule has 4 aromatic rings. The van der Waals surface area contributed by atoms with Gasteiger partial charge in [-0.1, -0.05) is 0 Å². The predicted molar refractivity (Wildman–Crippen MR) is 114 cm³/mol. The van der Waals surface area contributed by atoms with E-state index in [1.54, 1.807) is 42.5 Å². The zero-order valence-electron chi connectivity index (χ0n) is 16.9. The number of ether oxygens (including phenoxy) is 1. The molecule has 0 aliphatic carbocycles. The summed E-state index contributed by atoms with van der Waals surface area (Å²) in [7, 11) is 1.80. The third kappa shape index (κ3) is 3.92. The van der Waals surface area contributed by atoms with Gasteiger partial charge >= 0.3 is 0 Å². The standard InChI is InChI=1S/C21H21N7O3/c1-27-13-17(25-21(29)19-5-4-18(31-19)14-10-23-24-11-14)20(26-27)16-3-2-15(12-22-16)28-6-8-30-9-7-28/h2-5,10-13H,6-9H2,1H3,(H,23,24)(H,25,29). The average molecular weight is 419 g/mol. The fraction of sp³-hybridized carbons (Fsp3) is 0.238. The van der Waals surface area contributed by atoms with Crippen LogP contribution in [0, 0.1) is 0 Å². The Labute approximate surface area is 177 Å². The summed E-state index contributed by atoms with van der Waals surface area (Å²) in [4.78, 5) is 19.6. The van der Waals surface area contributed by atoms with Crippen LogP contribution in [0.2, 0.25) is 0 Å². The first-order chi connectivity index (χ1) is 15.2. The van der Waals surface area contributed by atoms with Gasteiger partial charge in [-0.15, -0.1) is 0 Å². The maximum Gasteiger partial charge on any atom is 0.291 e. The molecule has 1 aliphatic rings. The molecule has 10 heteroatoms. The highest BCUT2D eigenvalue weighted by Gasteiger charge is 2.19. The van der Waals surface area contributed by atoms with Crippen LogP contribution in [0.1, 0.15) is 10.6 Å². The molecule has 4 aromatic heterocycles. The number of amides is 1. The minimum Gasteiger partial charge on any atom is -0.451 e. The summed E-state index contributed by atoms with van der Waals surface area (Å²) < 4.78 is 12.7. The number of aromatic amines is 1. The number of carbonyl (C=O) groups excluding carboxylic acids is 1. The van der Waals surface area contributed by atoms with Crippen LogP contribution in [-0.4, -0.2) is 57.2 Å². The molecule has 0 unspecified atom stereocenters. The van der Waals surface area contributed by atoms with Crippen molar-refractivity contribution in [2.24, 2.45) is 7.05 Å². The smallest absolute Gasteiger partial charge is 0.291 e. The highest BCUT2D eigenvalue weighted by Crippen LogP contribution is 2.28. The molecular formula is C21H21N7O3. The third-order valence-corrected chi connectivity index (χ3v) is 5.06. The first kappa shape index (κ1) is 19.1. The van der Waals surface area contributed by atoms with Gasteiger partial charge in [0, 0.05) is 32.5 Å². The Morgan fingerprint density at radius 2 is 2.03 bits per heavy atom. The number of rotatable bonds is 5. The number of aryl methyl sites for hydroxylation is 1. The zero-order valence-corrected chi connectivity index (χ0v) is 16.9. The van der Waals surface area contributed by atoms with Crippen molar-refractivity contribution in [3.63, 3.8) is 0 Å². The number of furan rings is 1. The number of carbonyl (C=O) groups is 1. The molecule has 5 heterocycles. The molecule has 1 aliphatic heterocycles. The zero-order chi connectivity index (χ0) is 21.2. The Balaban J connectivity index is 1.35. The second kappa shape index (κ2) is 8.07. The summed E-state index contributed by atoms with van der Waals surface area (Å²) in [5.74, 6) is 0.390. The maximum absolute atomic E-state index is 12.7. The SMILES string of the molecule is Cn1cc(NC(=O)c2ccc(-c3cn[nH]c3)o2)c(-c2ccc(N3CCOCC3)cn2)n1. The molecule has 0 atom stereocenters. The van der Waals surface area contributed by atoms with E-state index >= 15 is 0 Å². The minimum atomic E-state index is -0.367. The Morgan fingerprint density at radius 3 is 2.77 bits per heavy atom. The second-order valence-electron chi connectivity index (χ2n) is 7.17. The van der Waals surface area contributed by atoms with Gasteiger partial charge in [-0.2, -0.15) is 10.2 Å². The van der Waals surface area contributed by atoms with Crippen LogP contribution in [0.25, 0.3) is 22.7 Å². The second-order valence-corrected chi connectivity index (χ2v) is 7.17. The van der Waals surface area contributed by atoms with E-state index in [2.05, 4.69) is 30.5 Å². The molecule has 0 aromatic carbocycles. The summed E-state index contributed by atoms with van der Waals surface area (Å²) in [5.41, 5.74) is 3.62. The molecule has 0 bridgehead atoms. The molecule has 1 saturated heterocycles. The van der Waals surface area contributed by atoms with Gasteiger partial charge in [0.1, 0.15) is 11.5 Å². The van der Waals surface area contributed by atoms with E-state index < -0.39 is 0 Å². The summed E-state index contributed by atoms with van der Waals surface area (Å²) in [6, 6.07) is 7.28. The van der Waals surface area contributed by atoms with Crippen molar-refractivity contribution >= 4 is 17.3 Å². The Morgan fingerprint density at radius 1 is 1.16 bits per heavy atom. The molecule has 1 amide bonds. The van der Waals surface area contributed by atoms with E-state index in [1.807, 2.05) is 18.3 Å². The van der Waals surface area contributed by atoms with Crippen LogP contribution < -0.4 is 10.2 Å². The molecular weight excluding hydrogens is 398 g/mol. The van der Waals surface area contributed by atoms with Crippen LogP contribution in [0.5, 0.6) is 0 Å². The van der Waals surface area contributed by atoms with Gasteiger partial charge in [0.2, 0.25) is 0 Å². The predicted octanol–water partition coefficient (Wildman–Crippen LogP) is 2.55. The summed E-state index contributed by atoms with van der Waals surface area (Å²) >= 11 is 0. The van der Waals surface area contributed by atoms with Gasteiger partial charge in [-0.3, -0.25) is 19.6 Å². The molecule has 0 saturated carbocycles. The van der Waals surface area contributed by atoms with Gasteiger partial charge in [-0.25, -0.2) is 0 Å². The van der Waals surface area contributed by atoms with Gasteiger partial charge in [0.05, 0.1) is 48.2 Å². The maximum atomic E-state index is 12.7. The number of hydrogen-bond acceptors (Lipinski definition) is 7. The van der Waals surface area contributed by atoms with Crippen LogP contribution in [0.4, 0.5) is 11.4 Å². The summed E-state index contributed by atoms with van der Waals surface area (Å²) in [6.07, 6.45) is 6.90. The normalized spacial score (nSPS) is 14.0. The van der Waals surface area contributed by atoms with Crippen molar-refractivity contribution < 1.29 is 13.9 Å². The number of nitrogens with one attached hydrogen (secondary N) is 2. The Bertz CT molecular complexity index is 1170. The lowest BCUT2D eigenvalue weighted by atomic mass is 10.2. The number of nitrogens with zero attached hydrogens (tertiary/aromatic N) is 5. The highest BCUT2D eigenvalue weighted by molar-refractivity contribution is 6.04. The largest absolute Gasteiger partial charge is 0.451 e. The van der Waals surface area contributed by atoms with Crippen molar-refractivity contribution in [1.82, 2.24) is 25.0 Å². The topological polar surface area (TPSA) is 114 Å². The fourth-order valence-electron chi connectivity index (χ4n) is 3.49. The first-order valence-corrected chi connectivity index (χ1v) is 9.90. The quantitative estimate of drug-likeness (QED) is 0.511. The fourth-order valence-corrected chi connectivity index (χ4v) is 3.49. The van der Waals surface area contributed by atoms with E-state index in [-0.39, 0.29) is 11.7 Å². The van der Waals surface area contributed by atoms with E-state index in [0.717, 1.165) is 24.3 Å². The van der Waals surface area contributed by atoms with Crippen molar-refractivity contribution in [3.05, 3.63) is 54.8 Å². The number of pyridine rings is 1. The van der Waals surface area contributed by atoms with Gasteiger partial charge in [0.15, 0.2) is 5.76 Å². The molecule has 158 valence electrons. The molecule has 31 heavy (non-hydrogen) atoms. The Kier molecular flexibility index (Phi) is 4.97. The lowest BCUT2D eigenvalue weighted by molar-refractivity contribution is 0.0997. The lowest BCUT2D eigenvalue weighted by Crippen LogP contribution is -2.36. The lowest BCUT2D eigenvalue weighted by Gasteiger charge is -2.28. The van der Waals surface area contributed by atoms with Crippen LogP contribution in [0.15, 0.2) is 53.5 Å². The van der Waals surface area contributed by atoms with E-state index in [1.165, 1.54) is 0 Å². The highest BCUT2D eigenvalue weighted by atomic mass is 16.5. The van der Waals surface area contributed by atoms with Crippen molar-refractivity contribution in [2.45, 2.75) is 0 Å². The van der Waals surface area contributed by atoms with Crippen molar-refractivity contribution in [2.75, 3.05) is 36.5 Å². The van der Waals surface area contributed by atoms with E-state index in [9.17, 15) is 4.79 Å². The number of hydrogen-bond donors (Lipinski definition) is 2. The van der Waals surface area contributed by atoms with Gasteiger partial charge < -0.3 is 19.4 Å². The summed E-state index contributed by atoms with van der Waals surface area (Å²) in [5, 5.41) is 14.0. The molecule has 1 fully saturated rings. The van der Waals surface area contributed by atoms with Crippen molar-refractivity contribution in [1.29, 1.82) is 0 Å². The van der Waals surface area contributed by atoms with E-state index in [4.69, 9.17) is 9.15 Å². The van der Waals surface area contributed by atoms with E-state index in [0.29, 0.717) is 36.0 Å². The van der Waals surface area contributed by atoms with Crippen molar-refractivity contribution in [3.8, 4) is 22.7 Å². The molecule has 10 nitrogen and oxygen atoms in total. The van der Waals surface area contributed by atoms with Gasteiger partial charge in [-0.05, 0) is 24.3 Å². The number of aromatic nitrogens is 5. The average Bonchev–Trinajstić information content (AvgIpc) is 3.55. The molecule has 0 spiro atoms. The van der Waals surface area contributed by atoms with Crippen LogP contribution in [-0.2, 0) is 11.8 Å².